The molecule has 3 N–H and O–H groups in total. The number of carbonyl (C=O) groups excluding carboxylic acids is 4. The van der Waals surface area contributed by atoms with Crippen LogP contribution in [0.15, 0.2) is 24.3 Å². The first-order valence-corrected chi connectivity index (χ1v) is 13.7. The van der Waals surface area contributed by atoms with Gasteiger partial charge in [0.25, 0.3) is 5.91 Å². The lowest BCUT2D eigenvalue weighted by atomic mass is 9.85. The van der Waals surface area contributed by atoms with Gasteiger partial charge in [0, 0.05) is 18.9 Å². The number of hydrogen-bond donors (Lipinski definition) is 3. The number of nitriles is 1. The van der Waals surface area contributed by atoms with Crippen LogP contribution in [0.25, 0.3) is 0 Å². The summed E-state index contributed by atoms with van der Waals surface area (Å²) in [6.07, 6.45) is 0.670. The zero-order chi connectivity index (χ0) is 28.3. The van der Waals surface area contributed by atoms with E-state index in [0.29, 0.717) is 18.0 Å². The number of nitrogens with one attached hydrogen (secondary N) is 3. The van der Waals surface area contributed by atoms with Crippen molar-refractivity contribution >= 4 is 29.3 Å². The molecule has 39 heavy (non-hydrogen) atoms. The van der Waals surface area contributed by atoms with Gasteiger partial charge in [-0.3, -0.25) is 19.2 Å². The van der Waals surface area contributed by atoms with Crippen LogP contribution in [0.4, 0.5) is 5.69 Å². The first-order chi connectivity index (χ1) is 18.3. The molecule has 2 saturated carbocycles. The first kappa shape index (κ1) is 27.0. The third-order valence-electron chi connectivity index (χ3n) is 8.74. The van der Waals surface area contributed by atoms with Crippen LogP contribution in [0.1, 0.15) is 53.9 Å². The van der Waals surface area contributed by atoms with Gasteiger partial charge in [-0.1, -0.05) is 46.8 Å². The molecule has 4 amide bonds. The van der Waals surface area contributed by atoms with E-state index >= 15 is 0 Å². The summed E-state index contributed by atoms with van der Waals surface area (Å²) in [4.78, 5) is 54.4. The van der Waals surface area contributed by atoms with E-state index in [1.807, 2.05) is 20.8 Å². The highest BCUT2D eigenvalue weighted by atomic mass is 16.5. The summed E-state index contributed by atoms with van der Waals surface area (Å²) in [5.74, 6) is -0.653. The second kappa shape index (κ2) is 9.54. The second-order valence-electron chi connectivity index (χ2n) is 13.0. The van der Waals surface area contributed by atoms with Gasteiger partial charge in [-0.15, -0.1) is 0 Å². The standard InChI is InChI=1S/C29H37N5O5/c1-28(2,3)23(33-24(35)15-10-11-15)27(38)34-14-17-21(29(17,4)5)22(34)26(37)31-16(13-30)12-20-25(36)32-18-8-6-7-9-19(18)39-20/h6-9,15-17,20-23H,10-12,14H2,1-5H3,(H,31,37)(H,32,36)(H,33,35)/t16?,17-,20-,21-,22-,23?/m0/s1. The predicted octanol–water partition coefficient (Wildman–Crippen LogP) is 2.21. The predicted molar refractivity (Wildman–Crippen MR) is 142 cm³/mol. The maximum Gasteiger partial charge on any atom is 0.265 e. The molecule has 4 aliphatic rings. The van der Waals surface area contributed by atoms with Crippen molar-refractivity contribution < 1.29 is 23.9 Å². The highest BCUT2D eigenvalue weighted by Crippen LogP contribution is 2.65. The minimum absolute atomic E-state index is 0.0391. The molecule has 2 heterocycles. The fourth-order valence-corrected chi connectivity index (χ4v) is 6.10. The van der Waals surface area contributed by atoms with E-state index in [1.165, 1.54) is 0 Å². The van der Waals surface area contributed by atoms with Crippen LogP contribution in [0, 0.1) is 39.9 Å². The number of nitrogens with zero attached hydrogens (tertiary/aromatic N) is 2. The fraction of sp³-hybridized carbons (Fsp3) is 0.621. The lowest BCUT2D eigenvalue weighted by molar-refractivity contribution is -0.145. The number of likely N-dealkylation sites (tertiary alicyclic amines) is 1. The number of para-hydroxylation sites is 2. The van der Waals surface area contributed by atoms with Crippen molar-refractivity contribution in [1.29, 1.82) is 5.26 Å². The SMILES string of the molecule is CC(C)(C)C(NC(=O)C1CC1)C(=O)N1C[C@H]2[C@@H]([C@H]1C(=O)NC(C#N)C[C@@H]1Oc3ccccc3NC1=O)C2(C)C. The van der Waals surface area contributed by atoms with Gasteiger partial charge in [0.2, 0.25) is 17.7 Å². The normalized spacial score (nSPS) is 28.0. The number of benzene rings is 1. The molecule has 1 aromatic rings. The lowest BCUT2D eigenvalue weighted by Gasteiger charge is -2.38. The Kier molecular flexibility index (Phi) is 6.60. The summed E-state index contributed by atoms with van der Waals surface area (Å²) in [5.41, 5.74) is -0.117. The molecule has 1 aromatic carbocycles. The number of piperidine rings is 1. The van der Waals surface area contributed by atoms with Crippen LogP contribution in [-0.2, 0) is 19.2 Å². The Morgan fingerprint density at radius 3 is 2.51 bits per heavy atom. The minimum atomic E-state index is -0.996. The van der Waals surface area contributed by atoms with Crippen molar-refractivity contribution in [1.82, 2.24) is 15.5 Å². The summed E-state index contributed by atoms with van der Waals surface area (Å²) in [6, 6.07) is 6.57. The number of rotatable bonds is 7. The van der Waals surface area contributed by atoms with Gasteiger partial charge in [-0.25, -0.2) is 0 Å². The van der Waals surface area contributed by atoms with Crippen LogP contribution in [-0.4, -0.2) is 59.3 Å². The molecule has 10 nitrogen and oxygen atoms in total. The molecule has 0 radical (unpaired) electrons. The Balaban J connectivity index is 1.31. The maximum absolute atomic E-state index is 13.9. The Morgan fingerprint density at radius 1 is 1.18 bits per heavy atom. The van der Waals surface area contributed by atoms with E-state index in [-0.39, 0.29) is 47.3 Å². The Morgan fingerprint density at radius 2 is 1.87 bits per heavy atom. The molecule has 3 fully saturated rings. The average molecular weight is 536 g/mol. The number of ether oxygens (including phenoxy) is 1. The van der Waals surface area contributed by atoms with Crippen molar-refractivity contribution in [2.75, 3.05) is 11.9 Å². The average Bonchev–Trinajstić information content (AvgIpc) is 3.75. The number of amides is 4. The quantitative estimate of drug-likeness (QED) is 0.489. The molecule has 0 bridgehead atoms. The molecule has 10 heteroatoms. The number of fused-ring (bicyclic) bond motifs is 2. The van der Waals surface area contributed by atoms with E-state index in [1.54, 1.807) is 29.2 Å². The van der Waals surface area contributed by atoms with Crippen molar-refractivity contribution in [3.63, 3.8) is 0 Å². The molecule has 1 saturated heterocycles. The molecule has 6 atom stereocenters. The van der Waals surface area contributed by atoms with Crippen LogP contribution >= 0.6 is 0 Å². The molecular formula is C29H37N5O5. The highest BCUT2D eigenvalue weighted by Gasteiger charge is 2.69. The van der Waals surface area contributed by atoms with Crippen LogP contribution in [0.5, 0.6) is 5.75 Å². The summed E-state index contributed by atoms with van der Waals surface area (Å²) in [7, 11) is 0. The topological polar surface area (TPSA) is 141 Å². The monoisotopic (exact) mass is 535 g/mol. The molecule has 2 aliphatic carbocycles. The Bertz CT molecular complexity index is 1240. The number of anilines is 1. The molecule has 208 valence electrons. The van der Waals surface area contributed by atoms with Crippen LogP contribution in [0.2, 0.25) is 0 Å². The fourth-order valence-electron chi connectivity index (χ4n) is 6.10. The van der Waals surface area contributed by atoms with Gasteiger partial charge in [0.05, 0.1) is 11.8 Å². The smallest absolute Gasteiger partial charge is 0.265 e. The van der Waals surface area contributed by atoms with E-state index in [4.69, 9.17) is 4.74 Å². The summed E-state index contributed by atoms with van der Waals surface area (Å²) in [5, 5.41) is 18.4. The van der Waals surface area contributed by atoms with Crippen LogP contribution in [0.3, 0.4) is 0 Å². The first-order valence-electron chi connectivity index (χ1n) is 13.7. The van der Waals surface area contributed by atoms with E-state index in [9.17, 15) is 24.4 Å². The molecule has 0 spiro atoms. The zero-order valence-electron chi connectivity index (χ0n) is 23.1. The van der Waals surface area contributed by atoms with Gasteiger partial charge < -0.3 is 25.6 Å². The van der Waals surface area contributed by atoms with E-state index in [2.05, 4.69) is 35.9 Å². The number of carbonyl (C=O) groups is 4. The summed E-state index contributed by atoms with van der Waals surface area (Å²) < 4.78 is 5.82. The zero-order valence-corrected chi connectivity index (χ0v) is 23.1. The maximum atomic E-state index is 13.9. The highest BCUT2D eigenvalue weighted by molar-refractivity contribution is 5.98. The third kappa shape index (κ3) is 5.07. The number of hydrogen-bond acceptors (Lipinski definition) is 6. The summed E-state index contributed by atoms with van der Waals surface area (Å²) in [6.45, 7) is 10.3. The molecule has 2 aliphatic heterocycles. The Hall–Kier alpha value is -3.61. The van der Waals surface area contributed by atoms with Gasteiger partial charge in [0.15, 0.2) is 6.10 Å². The molecular weight excluding hydrogens is 498 g/mol. The lowest BCUT2D eigenvalue weighted by Crippen LogP contribution is -2.60. The van der Waals surface area contributed by atoms with Crippen molar-refractivity contribution in [3.8, 4) is 11.8 Å². The second-order valence-corrected chi connectivity index (χ2v) is 13.0. The third-order valence-corrected chi connectivity index (χ3v) is 8.74. The van der Waals surface area contributed by atoms with Gasteiger partial charge in [-0.05, 0) is 47.6 Å². The van der Waals surface area contributed by atoms with Crippen LogP contribution < -0.4 is 20.7 Å². The van der Waals surface area contributed by atoms with Gasteiger partial charge >= 0.3 is 0 Å². The summed E-state index contributed by atoms with van der Waals surface area (Å²) >= 11 is 0. The van der Waals surface area contributed by atoms with Crippen molar-refractivity contribution in [3.05, 3.63) is 24.3 Å². The van der Waals surface area contributed by atoms with Crippen molar-refractivity contribution in [2.45, 2.75) is 78.1 Å². The van der Waals surface area contributed by atoms with E-state index in [0.717, 1.165) is 12.8 Å². The molecule has 2 unspecified atom stereocenters. The largest absolute Gasteiger partial charge is 0.478 e. The molecule has 0 aromatic heterocycles. The van der Waals surface area contributed by atoms with Gasteiger partial charge in [-0.2, -0.15) is 5.26 Å². The Labute approximate surface area is 228 Å². The van der Waals surface area contributed by atoms with Crippen molar-refractivity contribution in [2.24, 2.45) is 28.6 Å². The minimum Gasteiger partial charge on any atom is -0.478 e. The molecule has 5 rings (SSSR count). The van der Waals surface area contributed by atoms with Gasteiger partial charge in [0.1, 0.15) is 23.9 Å². The van der Waals surface area contributed by atoms with E-state index < -0.39 is 35.6 Å².